The molecule has 4 unspecified atom stereocenters. The van der Waals surface area contributed by atoms with Gasteiger partial charge in [-0.1, -0.05) is 0 Å². The van der Waals surface area contributed by atoms with Crippen LogP contribution in [0.4, 0.5) is 0 Å². The van der Waals surface area contributed by atoms with E-state index in [-0.39, 0.29) is 23.9 Å². The molecule has 78 valence electrons. The number of hydrogen-bond donors (Lipinski definition) is 2. The molecule has 0 amide bonds. The number of fused-ring (bicyclic) bond motifs is 1. The minimum atomic E-state index is -0.876. The van der Waals surface area contributed by atoms with Crippen LogP contribution < -0.4 is 5.73 Å². The van der Waals surface area contributed by atoms with E-state index in [0.717, 1.165) is 6.42 Å². The van der Waals surface area contributed by atoms with Crippen LogP contribution in [0.5, 0.6) is 0 Å². The van der Waals surface area contributed by atoms with Crippen molar-refractivity contribution >= 4 is 11.8 Å². The molecule has 5 heteroatoms. The molecule has 0 bridgehead atoms. The second-order valence-corrected chi connectivity index (χ2v) is 4.06. The van der Waals surface area contributed by atoms with Gasteiger partial charge in [0, 0.05) is 12.8 Å². The van der Waals surface area contributed by atoms with Gasteiger partial charge in [0.2, 0.25) is 0 Å². The number of carboxylic acids is 1. The van der Waals surface area contributed by atoms with Crippen molar-refractivity contribution in [2.45, 2.75) is 37.5 Å². The van der Waals surface area contributed by atoms with Gasteiger partial charge in [0.15, 0.2) is 11.8 Å². The Labute approximate surface area is 81.2 Å². The number of ketones is 1. The van der Waals surface area contributed by atoms with Crippen LogP contribution in [-0.2, 0) is 14.3 Å². The number of carbonyl (C=O) groups is 2. The van der Waals surface area contributed by atoms with Crippen molar-refractivity contribution in [3.63, 3.8) is 0 Å². The Kier molecular flexibility index (Phi) is 2.28. The van der Waals surface area contributed by atoms with E-state index in [0.29, 0.717) is 12.8 Å². The minimum absolute atomic E-state index is 0.0140. The van der Waals surface area contributed by atoms with Crippen molar-refractivity contribution in [3.05, 3.63) is 0 Å². The highest BCUT2D eigenvalue weighted by atomic mass is 16.6. The quantitative estimate of drug-likeness (QED) is 0.560. The zero-order chi connectivity index (χ0) is 10.3. The smallest absolute Gasteiger partial charge is 0.362 e. The lowest BCUT2D eigenvalue weighted by atomic mass is 9.84. The number of quaternary nitrogens is 1. The number of Topliss-reactive ketones (excluding diaryl/α,β-unsaturated/α-hetero) is 1. The predicted molar refractivity (Wildman–Crippen MR) is 45.3 cm³/mol. The Balaban J connectivity index is 1.88. The Hall–Kier alpha value is -0.940. The molecular weight excluding hydrogens is 186 g/mol. The molecule has 0 spiro atoms. The van der Waals surface area contributed by atoms with Gasteiger partial charge in [-0.05, 0) is 12.3 Å². The van der Waals surface area contributed by atoms with Gasteiger partial charge in [0.05, 0.1) is 6.10 Å². The first-order chi connectivity index (χ1) is 6.59. The third-order valence-electron chi connectivity index (χ3n) is 3.01. The van der Waals surface area contributed by atoms with E-state index in [2.05, 4.69) is 5.73 Å². The lowest BCUT2D eigenvalue weighted by Crippen LogP contribution is -2.65. The van der Waals surface area contributed by atoms with Crippen LogP contribution in [0.2, 0.25) is 0 Å². The number of epoxide rings is 1. The van der Waals surface area contributed by atoms with Crippen LogP contribution >= 0.6 is 0 Å². The molecule has 0 aromatic carbocycles. The van der Waals surface area contributed by atoms with E-state index in [4.69, 9.17) is 9.84 Å². The summed E-state index contributed by atoms with van der Waals surface area (Å²) in [6.07, 6.45) is 1.55. The second-order valence-electron chi connectivity index (χ2n) is 4.06. The molecule has 14 heavy (non-hydrogen) atoms. The third kappa shape index (κ3) is 1.65. The lowest BCUT2D eigenvalue weighted by Gasteiger charge is -2.17. The van der Waals surface area contributed by atoms with Crippen LogP contribution in [0.3, 0.4) is 0 Å². The summed E-state index contributed by atoms with van der Waals surface area (Å²) in [7, 11) is 0. The molecular formula is C9H14NO4+. The first kappa shape index (κ1) is 9.61. The maximum atomic E-state index is 11.1. The standard InChI is InChI=1S/C9H13NO4/c10-5(9(12)13)3-4-1-2-6(11)8-7(4)14-8/h4-5,7-8H,1-3,10H2,(H,12,13)/p+1. The zero-order valence-corrected chi connectivity index (χ0v) is 7.81. The number of aliphatic carboxylic acids is 1. The number of carbonyl (C=O) groups excluding carboxylic acids is 1. The zero-order valence-electron chi connectivity index (χ0n) is 7.81. The average Bonchev–Trinajstić information content (AvgIpc) is 2.89. The summed E-state index contributed by atoms with van der Waals surface area (Å²) in [5.74, 6) is -0.502. The monoisotopic (exact) mass is 200 g/mol. The highest BCUT2D eigenvalue weighted by Gasteiger charge is 2.53. The predicted octanol–water partition coefficient (Wildman–Crippen LogP) is -1.18. The fraction of sp³-hybridized carbons (Fsp3) is 0.778. The Morgan fingerprint density at radius 1 is 1.71 bits per heavy atom. The van der Waals surface area contributed by atoms with Crippen LogP contribution in [0.1, 0.15) is 19.3 Å². The summed E-state index contributed by atoms with van der Waals surface area (Å²) in [6.45, 7) is 0. The SMILES string of the molecule is [NH3+]C(CC1CCC(=O)C2OC12)C(=O)O. The second kappa shape index (κ2) is 3.33. The molecule has 2 fully saturated rings. The fourth-order valence-electron chi connectivity index (χ4n) is 2.09. The molecule has 4 atom stereocenters. The van der Waals surface area contributed by atoms with Crippen LogP contribution in [0.25, 0.3) is 0 Å². The van der Waals surface area contributed by atoms with Gasteiger partial charge >= 0.3 is 5.97 Å². The number of carboxylic acid groups (broad SMARTS) is 1. The van der Waals surface area contributed by atoms with Crippen molar-refractivity contribution in [3.8, 4) is 0 Å². The summed E-state index contributed by atoms with van der Waals surface area (Å²) in [5, 5.41) is 8.69. The molecule has 0 radical (unpaired) electrons. The van der Waals surface area contributed by atoms with Crippen LogP contribution in [0.15, 0.2) is 0 Å². The lowest BCUT2D eigenvalue weighted by molar-refractivity contribution is -0.411. The largest absolute Gasteiger partial charge is 0.477 e. The molecule has 2 aliphatic rings. The van der Waals surface area contributed by atoms with E-state index >= 15 is 0 Å². The summed E-state index contributed by atoms with van der Waals surface area (Å²) in [4.78, 5) is 21.7. The molecule has 1 saturated heterocycles. The van der Waals surface area contributed by atoms with Gasteiger partial charge in [-0.3, -0.25) is 4.79 Å². The van der Waals surface area contributed by atoms with E-state index in [1.807, 2.05) is 0 Å². The highest BCUT2D eigenvalue weighted by molar-refractivity contribution is 5.87. The maximum Gasteiger partial charge on any atom is 0.362 e. The molecule has 1 aliphatic heterocycles. The Morgan fingerprint density at radius 3 is 3.07 bits per heavy atom. The van der Waals surface area contributed by atoms with Gasteiger partial charge in [0.25, 0.3) is 0 Å². The van der Waals surface area contributed by atoms with Crippen molar-refractivity contribution in [2.75, 3.05) is 0 Å². The van der Waals surface area contributed by atoms with E-state index in [1.165, 1.54) is 0 Å². The first-order valence-electron chi connectivity index (χ1n) is 4.83. The topological polar surface area (TPSA) is 94.5 Å². The molecule has 1 saturated carbocycles. The molecule has 1 heterocycles. The fourth-order valence-corrected chi connectivity index (χ4v) is 2.09. The average molecular weight is 200 g/mol. The number of hydrogen-bond acceptors (Lipinski definition) is 3. The summed E-state index contributed by atoms with van der Waals surface area (Å²) < 4.78 is 5.21. The maximum absolute atomic E-state index is 11.1. The molecule has 4 N–H and O–H groups in total. The molecule has 2 rings (SSSR count). The first-order valence-corrected chi connectivity index (χ1v) is 4.83. The van der Waals surface area contributed by atoms with Gasteiger partial charge in [0.1, 0.15) is 6.10 Å². The van der Waals surface area contributed by atoms with E-state index in [9.17, 15) is 9.59 Å². The van der Waals surface area contributed by atoms with Crippen LogP contribution in [-0.4, -0.2) is 35.1 Å². The van der Waals surface area contributed by atoms with Crippen molar-refractivity contribution < 1.29 is 25.2 Å². The third-order valence-corrected chi connectivity index (χ3v) is 3.01. The molecule has 1 aliphatic carbocycles. The Morgan fingerprint density at radius 2 is 2.43 bits per heavy atom. The van der Waals surface area contributed by atoms with Crippen molar-refractivity contribution in [1.29, 1.82) is 0 Å². The highest BCUT2D eigenvalue weighted by Crippen LogP contribution is 2.40. The van der Waals surface area contributed by atoms with Gasteiger partial charge in [-0.25, -0.2) is 4.79 Å². The molecule has 0 aromatic heterocycles. The normalized spacial score (nSPS) is 37.5. The van der Waals surface area contributed by atoms with Crippen molar-refractivity contribution in [1.82, 2.24) is 0 Å². The summed E-state index contributed by atoms with van der Waals surface area (Å²) >= 11 is 0. The molecule has 5 nitrogen and oxygen atoms in total. The summed E-state index contributed by atoms with van der Waals surface area (Å²) in [5.41, 5.74) is 3.56. The van der Waals surface area contributed by atoms with E-state index < -0.39 is 12.0 Å². The number of ether oxygens (including phenoxy) is 1. The Bertz CT molecular complexity index is 278. The van der Waals surface area contributed by atoms with Crippen LogP contribution in [0, 0.1) is 5.92 Å². The van der Waals surface area contributed by atoms with Gasteiger partial charge < -0.3 is 15.6 Å². The van der Waals surface area contributed by atoms with Gasteiger partial charge in [-0.15, -0.1) is 0 Å². The van der Waals surface area contributed by atoms with Gasteiger partial charge in [-0.2, -0.15) is 0 Å². The molecule has 0 aromatic rings. The van der Waals surface area contributed by atoms with E-state index in [1.54, 1.807) is 0 Å². The number of rotatable bonds is 3. The summed E-state index contributed by atoms with van der Waals surface area (Å²) in [6, 6.07) is -0.585. The van der Waals surface area contributed by atoms with Crippen molar-refractivity contribution in [2.24, 2.45) is 5.92 Å². The minimum Gasteiger partial charge on any atom is -0.477 e.